The molecule has 0 spiro atoms. The number of ether oxygens (including phenoxy) is 2. The minimum absolute atomic E-state index is 0.00252. The van der Waals surface area contributed by atoms with Gasteiger partial charge in [-0.25, -0.2) is 0 Å². The van der Waals surface area contributed by atoms with Crippen molar-refractivity contribution in [3.63, 3.8) is 0 Å². The van der Waals surface area contributed by atoms with Gasteiger partial charge in [0.05, 0.1) is 20.8 Å². The molecule has 6 nitrogen and oxygen atoms in total. The molecule has 0 atom stereocenters. The van der Waals surface area contributed by atoms with Gasteiger partial charge in [0.15, 0.2) is 19.5 Å². The molecular weight excluding hydrogens is 388 g/mol. The molecule has 0 aliphatic heterocycles. The molecule has 0 saturated carbocycles. The fraction of sp³-hybridized carbons (Fsp3) is 0.773. The van der Waals surface area contributed by atoms with Crippen LogP contribution in [0.15, 0.2) is 11.1 Å². The lowest BCUT2D eigenvalue weighted by atomic mass is 9.81. The topological polar surface area (TPSA) is 78.9 Å². The lowest BCUT2D eigenvalue weighted by Crippen LogP contribution is -2.42. The molecule has 0 unspecified atom stereocenters. The lowest BCUT2D eigenvalue weighted by molar-refractivity contribution is -0.168. The Bertz CT molecular complexity index is 675. The van der Waals surface area contributed by atoms with Gasteiger partial charge < -0.3 is 13.9 Å². The minimum atomic E-state index is -2.11. The zero-order valence-electron chi connectivity index (χ0n) is 19.8. The fourth-order valence-electron chi connectivity index (χ4n) is 3.38. The number of carbonyl (C=O) groups excluding carboxylic acids is 3. The first-order valence-corrected chi connectivity index (χ1v) is 13.0. The van der Waals surface area contributed by atoms with Gasteiger partial charge in [0, 0.05) is 6.42 Å². The molecule has 0 aromatic rings. The zero-order valence-corrected chi connectivity index (χ0v) is 20.8. The summed E-state index contributed by atoms with van der Waals surface area (Å²) in [7, 11) is 0.386. The summed E-state index contributed by atoms with van der Waals surface area (Å²) in [5.74, 6) is -1.49. The van der Waals surface area contributed by atoms with Crippen LogP contribution in [-0.4, -0.2) is 46.9 Å². The van der Waals surface area contributed by atoms with E-state index >= 15 is 0 Å². The van der Waals surface area contributed by atoms with Gasteiger partial charge in [-0.1, -0.05) is 47.1 Å². The van der Waals surface area contributed by atoms with Crippen molar-refractivity contribution >= 4 is 26.0 Å². The molecule has 1 rings (SSSR count). The van der Waals surface area contributed by atoms with E-state index in [-0.39, 0.29) is 35.7 Å². The Kier molecular flexibility index (Phi) is 7.69. The highest BCUT2D eigenvalue weighted by atomic mass is 28.4. The van der Waals surface area contributed by atoms with E-state index in [1.165, 1.54) is 14.2 Å². The molecule has 0 amide bonds. The van der Waals surface area contributed by atoms with Gasteiger partial charge in [0.25, 0.3) is 0 Å². The summed E-state index contributed by atoms with van der Waals surface area (Å²) in [4.78, 5) is 38.3. The van der Waals surface area contributed by atoms with Crippen LogP contribution in [0.2, 0.25) is 18.1 Å². The van der Waals surface area contributed by atoms with Crippen molar-refractivity contribution in [3.8, 4) is 0 Å². The van der Waals surface area contributed by atoms with Gasteiger partial charge in [0.2, 0.25) is 0 Å². The van der Waals surface area contributed by atoms with Gasteiger partial charge in [-0.3, -0.25) is 14.4 Å². The maximum Gasteiger partial charge on any atom is 0.323 e. The number of hydrogen-bond acceptors (Lipinski definition) is 6. The molecule has 166 valence electrons. The number of hydrogen-bond donors (Lipinski definition) is 0. The van der Waals surface area contributed by atoms with Crippen LogP contribution < -0.4 is 0 Å². The van der Waals surface area contributed by atoms with Gasteiger partial charge in [-0.15, -0.1) is 0 Å². The Morgan fingerprint density at radius 2 is 1.41 bits per heavy atom. The van der Waals surface area contributed by atoms with E-state index in [9.17, 15) is 14.4 Å². The van der Waals surface area contributed by atoms with Crippen molar-refractivity contribution in [2.45, 2.75) is 78.9 Å². The first-order chi connectivity index (χ1) is 13.0. The van der Waals surface area contributed by atoms with E-state index in [0.717, 1.165) is 5.57 Å². The molecule has 0 N–H and O–H groups in total. The van der Waals surface area contributed by atoms with E-state index in [1.807, 2.05) is 0 Å². The van der Waals surface area contributed by atoms with E-state index in [0.29, 0.717) is 12.0 Å². The third-order valence-electron chi connectivity index (χ3n) is 6.02. The molecule has 1 aliphatic rings. The number of methoxy groups -OCH3 is 2. The van der Waals surface area contributed by atoms with Crippen molar-refractivity contribution < 1.29 is 28.3 Å². The van der Waals surface area contributed by atoms with E-state index in [4.69, 9.17) is 13.9 Å². The predicted molar refractivity (Wildman–Crippen MR) is 115 cm³/mol. The van der Waals surface area contributed by atoms with Crippen LogP contribution in [0.4, 0.5) is 0 Å². The normalized spacial score (nSPS) is 17.3. The summed E-state index contributed by atoms with van der Waals surface area (Å²) >= 11 is 0. The monoisotopic (exact) mass is 426 g/mol. The number of rotatable bonds is 7. The first-order valence-electron chi connectivity index (χ1n) is 10.1. The molecular formula is C22H38O6Si. The molecule has 1 aliphatic carbocycles. The highest BCUT2D eigenvalue weighted by Crippen LogP contribution is 2.48. The minimum Gasteiger partial charge on any atom is -0.468 e. The average molecular weight is 427 g/mol. The summed E-state index contributed by atoms with van der Waals surface area (Å²) in [6.45, 7) is 16.7. The standard InChI is InChI=1S/C22H38O6Si/c1-20(2,3)11-15-12-22(18(24)26-7,19(25)27-8)13-16(15)17(23)14-28-29(9,10)21(4,5)6/h11-14H2,1-10H3. The molecule has 0 heterocycles. The maximum absolute atomic E-state index is 13.2. The van der Waals surface area contributed by atoms with Crippen molar-refractivity contribution in [1.82, 2.24) is 0 Å². The number of carbonyl (C=O) groups is 3. The van der Waals surface area contributed by atoms with Crippen LogP contribution >= 0.6 is 0 Å². The van der Waals surface area contributed by atoms with Crippen LogP contribution in [-0.2, 0) is 28.3 Å². The second-order valence-corrected chi connectivity index (χ2v) is 15.5. The third-order valence-corrected chi connectivity index (χ3v) is 10.5. The fourth-order valence-corrected chi connectivity index (χ4v) is 4.30. The van der Waals surface area contributed by atoms with Crippen LogP contribution in [0.25, 0.3) is 0 Å². The summed E-state index contributed by atoms with van der Waals surface area (Å²) in [5.41, 5.74) is -0.276. The van der Waals surface area contributed by atoms with Crippen LogP contribution in [0.3, 0.4) is 0 Å². The average Bonchev–Trinajstić information content (AvgIpc) is 2.95. The molecule has 7 heteroatoms. The Morgan fingerprint density at radius 1 is 0.931 bits per heavy atom. The van der Waals surface area contributed by atoms with Crippen LogP contribution in [0, 0.1) is 10.8 Å². The summed E-state index contributed by atoms with van der Waals surface area (Å²) in [6, 6.07) is 0. The van der Waals surface area contributed by atoms with Crippen LogP contribution in [0.1, 0.15) is 60.8 Å². The van der Waals surface area contributed by atoms with Gasteiger partial charge in [0.1, 0.15) is 0 Å². The number of Topliss-reactive ketones (excluding diaryl/α,β-unsaturated/α-hetero) is 1. The van der Waals surface area contributed by atoms with Gasteiger partial charge in [-0.2, -0.15) is 0 Å². The molecule has 0 aromatic heterocycles. The van der Waals surface area contributed by atoms with Crippen molar-refractivity contribution in [1.29, 1.82) is 0 Å². The van der Waals surface area contributed by atoms with Gasteiger partial charge >= 0.3 is 11.9 Å². The van der Waals surface area contributed by atoms with Crippen molar-refractivity contribution in [3.05, 3.63) is 11.1 Å². The number of allylic oxidation sites excluding steroid dienone is 1. The first kappa shape index (κ1) is 25.6. The highest BCUT2D eigenvalue weighted by Gasteiger charge is 2.54. The Morgan fingerprint density at radius 3 is 1.79 bits per heavy atom. The molecule has 0 saturated heterocycles. The van der Waals surface area contributed by atoms with E-state index in [1.54, 1.807) is 0 Å². The Balaban J connectivity index is 3.26. The van der Waals surface area contributed by atoms with E-state index in [2.05, 4.69) is 54.6 Å². The van der Waals surface area contributed by atoms with E-state index < -0.39 is 25.7 Å². The zero-order chi connectivity index (χ0) is 22.8. The third kappa shape index (κ3) is 5.78. The summed E-state index contributed by atoms with van der Waals surface area (Å²) in [5, 5.41) is -0.0205. The van der Waals surface area contributed by atoms with Gasteiger partial charge in [-0.05, 0) is 42.0 Å². The van der Waals surface area contributed by atoms with Crippen LogP contribution in [0.5, 0.6) is 0 Å². The highest BCUT2D eigenvalue weighted by molar-refractivity contribution is 6.74. The molecule has 0 bridgehead atoms. The Hall–Kier alpha value is -1.47. The van der Waals surface area contributed by atoms with Crippen molar-refractivity contribution in [2.24, 2.45) is 10.8 Å². The predicted octanol–water partition coefficient (Wildman–Crippen LogP) is 4.44. The number of esters is 2. The molecule has 0 fully saturated rings. The second-order valence-electron chi connectivity index (χ2n) is 10.7. The Labute approximate surface area is 176 Å². The summed E-state index contributed by atoms with van der Waals surface area (Å²) < 4.78 is 16.0. The van der Waals surface area contributed by atoms with Crippen molar-refractivity contribution in [2.75, 3.05) is 20.8 Å². The second kappa shape index (κ2) is 8.72. The molecule has 29 heavy (non-hydrogen) atoms. The quantitative estimate of drug-likeness (QED) is 0.340. The summed E-state index contributed by atoms with van der Waals surface area (Å²) in [6.07, 6.45) is 0.742. The smallest absolute Gasteiger partial charge is 0.323 e. The maximum atomic E-state index is 13.2. The number of ketones is 1. The molecule has 0 radical (unpaired) electrons. The SMILES string of the molecule is COC(=O)C1(C(=O)OC)CC(CC(C)(C)C)=C(C(=O)CO[Si](C)(C)C(C)(C)C)C1. The lowest BCUT2D eigenvalue weighted by Gasteiger charge is -2.36. The largest absolute Gasteiger partial charge is 0.468 e. The molecule has 0 aromatic carbocycles.